The second-order valence-corrected chi connectivity index (χ2v) is 6.15. The molecule has 5 heteroatoms. The van der Waals surface area contributed by atoms with E-state index in [0.717, 1.165) is 24.2 Å². The van der Waals surface area contributed by atoms with Crippen LogP contribution in [0.3, 0.4) is 0 Å². The number of piperidine rings is 1. The number of ether oxygens (including phenoxy) is 1. The van der Waals surface area contributed by atoms with Crippen molar-refractivity contribution in [3.63, 3.8) is 0 Å². The number of rotatable bonds is 4. The molecule has 1 aliphatic carbocycles. The molecule has 2 amide bonds. The van der Waals surface area contributed by atoms with Crippen LogP contribution in [0.5, 0.6) is 5.75 Å². The Balaban J connectivity index is 1.85. The van der Waals surface area contributed by atoms with E-state index in [9.17, 15) is 9.59 Å². The third-order valence-corrected chi connectivity index (χ3v) is 4.58. The molecule has 0 bridgehead atoms. The summed E-state index contributed by atoms with van der Waals surface area (Å²) >= 11 is 0. The number of likely N-dealkylation sites (tertiary alicyclic amines) is 1. The Hall–Kier alpha value is -2.04. The third kappa shape index (κ3) is 2.93. The van der Waals surface area contributed by atoms with Crippen molar-refractivity contribution in [2.24, 2.45) is 5.92 Å². The van der Waals surface area contributed by atoms with Gasteiger partial charge >= 0.3 is 0 Å². The molecule has 1 saturated carbocycles. The Bertz CT molecular complexity index is 566. The molecule has 5 nitrogen and oxygen atoms in total. The number of hydrogen-bond acceptors (Lipinski definition) is 3. The fraction of sp³-hybridized carbons (Fsp3) is 0.529. The predicted molar refractivity (Wildman–Crippen MR) is 82.4 cm³/mol. The first-order valence-corrected chi connectivity index (χ1v) is 7.80. The molecule has 1 aromatic rings. The monoisotopic (exact) mass is 302 g/mol. The topological polar surface area (TPSA) is 58.6 Å². The van der Waals surface area contributed by atoms with Crippen molar-refractivity contribution in [1.82, 2.24) is 10.2 Å². The first-order chi connectivity index (χ1) is 10.6. The lowest BCUT2D eigenvalue weighted by Crippen LogP contribution is -2.46. The molecule has 2 unspecified atom stereocenters. The van der Waals surface area contributed by atoms with Gasteiger partial charge in [0.15, 0.2) is 0 Å². The van der Waals surface area contributed by atoms with Crippen LogP contribution in [0.1, 0.15) is 37.3 Å². The first-order valence-electron chi connectivity index (χ1n) is 7.80. The van der Waals surface area contributed by atoms with Gasteiger partial charge < -0.3 is 15.0 Å². The molecule has 2 fully saturated rings. The maximum Gasteiger partial charge on any atom is 0.225 e. The summed E-state index contributed by atoms with van der Waals surface area (Å²) in [4.78, 5) is 26.3. The summed E-state index contributed by atoms with van der Waals surface area (Å²) in [5, 5.41) is 3.08. The summed E-state index contributed by atoms with van der Waals surface area (Å²) in [5.74, 6) is 0.753. The summed E-state index contributed by atoms with van der Waals surface area (Å²) in [7, 11) is 3.41. The summed E-state index contributed by atoms with van der Waals surface area (Å²) in [6, 6.07) is 7.76. The minimum atomic E-state index is -0.203. The lowest BCUT2D eigenvalue weighted by atomic mass is 9.84. The highest BCUT2D eigenvalue weighted by atomic mass is 16.5. The maximum atomic E-state index is 12.5. The summed E-state index contributed by atoms with van der Waals surface area (Å²) < 4.78 is 5.18. The highest BCUT2D eigenvalue weighted by Gasteiger charge is 2.40. The molecular formula is C17H22N2O3. The summed E-state index contributed by atoms with van der Waals surface area (Å²) in [5.41, 5.74) is 0.979. The van der Waals surface area contributed by atoms with Crippen molar-refractivity contribution in [1.29, 1.82) is 0 Å². The van der Waals surface area contributed by atoms with Crippen LogP contribution in [0.4, 0.5) is 0 Å². The number of benzene rings is 1. The van der Waals surface area contributed by atoms with E-state index in [1.54, 1.807) is 19.1 Å². The fourth-order valence-corrected chi connectivity index (χ4v) is 3.11. The standard InChI is InChI=1S/C17H22N2O3/c1-19-15(20)10-9-14(17(21)18-12-5-6-12)16(19)11-3-7-13(22-2)8-4-11/h3-4,7-8,12,14,16H,5-6,9-10H2,1-2H3,(H,18,21). The van der Waals surface area contributed by atoms with Crippen LogP contribution in [0.2, 0.25) is 0 Å². The number of amides is 2. The number of nitrogens with one attached hydrogen (secondary N) is 1. The molecule has 0 aromatic heterocycles. The maximum absolute atomic E-state index is 12.5. The highest BCUT2D eigenvalue weighted by Crippen LogP contribution is 2.37. The zero-order valence-corrected chi connectivity index (χ0v) is 13.0. The Morgan fingerprint density at radius 1 is 1.23 bits per heavy atom. The van der Waals surface area contributed by atoms with E-state index >= 15 is 0 Å². The smallest absolute Gasteiger partial charge is 0.225 e. The number of carbonyl (C=O) groups excluding carboxylic acids is 2. The van der Waals surface area contributed by atoms with Crippen LogP contribution in [-0.4, -0.2) is 36.9 Å². The van der Waals surface area contributed by atoms with Gasteiger partial charge in [-0.25, -0.2) is 0 Å². The first kappa shape index (κ1) is 14.9. The molecular weight excluding hydrogens is 280 g/mol. The second-order valence-electron chi connectivity index (χ2n) is 6.15. The zero-order valence-electron chi connectivity index (χ0n) is 13.0. The Morgan fingerprint density at radius 2 is 1.91 bits per heavy atom. The lowest BCUT2D eigenvalue weighted by molar-refractivity contribution is -0.141. The van der Waals surface area contributed by atoms with Crippen LogP contribution >= 0.6 is 0 Å². The average Bonchev–Trinajstić information content (AvgIpc) is 3.34. The van der Waals surface area contributed by atoms with Gasteiger partial charge in [0.2, 0.25) is 11.8 Å². The van der Waals surface area contributed by atoms with E-state index in [0.29, 0.717) is 18.9 Å². The number of hydrogen-bond donors (Lipinski definition) is 1. The lowest BCUT2D eigenvalue weighted by Gasteiger charge is -2.38. The van der Waals surface area contributed by atoms with Gasteiger partial charge in [-0.1, -0.05) is 12.1 Å². The van der Waals surface area contributed by atoms with Gasteiger partial charge in [-0.3, -0.25) is 9.59 Å². The summed E-state index contributed by atoms with van der Waals surface area (Å²) in [6.45, 7) is 0. The molecule has 3 rings (SSSR count). The molecule has 22 heavy (non-hydrogen) atoms. The van der Waals surface area contributed by atoms with Crippen molar-refractivity contribution in [3.05, 3.63) is 29.8 Å². The van der Waals surface area contributed by atoms with E-state index < -0.39 is 0 Å². The van der Waals surface area contributed by atoms with Crippen LogP contribution in [0.25, 0.3) is 0 Å². The molecule has 1 aromatic carbocycles. The zero-order chi connectivity index (χ0) is 15.7. The van der Waals surface area contributed by atoms with Crippen molar-refractivity contribution in [3.8, 4) is 5.75 Å². The largest absolute Gasteiger partial charge is 0.497 e. The molecule has 2 atom stereocenters. The Labute approximate surface area is 130 Å². The SMILES string of the molecule is COc1ccc(C2C(C(=O)NC3CC3)CCC(=O)N2C)cc1. The fourth-order valence-electron chi connectivity index (χ4n) is 3.11. The molecule has 118 valence electrons. The molecule has 0 radical (unpaired) electrons. The van der Waals surface area contributed by atoms with Gasteiger partial charge in [0.25, 0.3) is 0 Å². The van der Waals surface area contributed by atoms with E-state index in [-0.39, 0.29) is 23.8 Å². The number of nitrogens with zero attached hydrogens (tertiary/aromatic N) is 1. The molecule has 1 N–H and O–H groups in total. The Kier molecular flexibility index (Phi) is 4.05. The van der Waals surface area contributed by atoms with Gasteiger partial charge in [-0.2, -0.15) is 0 Å². The molecule has 0 spiro atoms. The molecule has 2 aliphatic rings. The Morgan fingerprint density at radius 3 is 2.50 bits per heavy atom. The van der Waals surface area contributed by atoms with Gasteiger partial charge in [-0.05, 0) is 37.0 Å². The van der Waals surface area contributed by atoms with Gasteiger partial charge in [0, 0.05) is 19.5 Å². The molecule has 1 aliphatic heterocycles. The van der Waals surface area contributed by atoms with Gasteiger partial charge in [-0.15, -0.1) is 0 Å². The molecule has 1 saturated heterocycles. The average molecular weight is 302 g/mol. The van der Waals surface area contributed by atoms with Gasteiger partial charge in [0.1, 0.15) is 5.75 Å². The van der Waals surface area contributed by atoms with E-state index in [4.69, 9.17) is 4.74 Å². The quantitative estimate of drug-likeness (QED) is 0.924. The number of methoxy groups -OCH3 is 1. The minimum absolute atomic E-state index is 0.0719. The van der Waals surface area contributed by atoms with Gasteiger partial charge in [0.05, 0.1) is 19.1 Å². The normalized spacial score (nSPS) is 25.0. The van der Waals surface area contributed by atoms with Crippen molar-refractivity contribution in [2.45, 2.75) is 37.8 Å². The molecule has 1 heterocycles. The highest BCUT2D eigenvalue weighted by molar-refractivity contribution is 5.85. The third-order valence-electron chi connectivity index (χ3n) is 4.58. The van der Waals surface area contributed by atoms with E-state index in [2.05, 4.69) is 5.32 Å². The second kappa shape index (κ2) is 5.99. The van der Waals surface area contributed by atoms with Crippen LogP contribution in [0.15, 0.2) is 24.3 Å². The van der Waals surface area contributed by atoms with Crippen LogP contribution in [-0.2, 0) is 9.59 Å². The van der Waals surface area contributed by atoms with Crippen LogP contribution in [0, 0.1) is 5.92 Å². The van der Waals surface area contributed by atoms with Crippen molar-refractivity contribution >= 4 is 11.8 Å². The van der Waals surface area contributed by atoms with Crippen molar-refractivity contribution < 1.29 is 14.3 Å². The predicted octanol–water partition coefficient (Wildman–Crippen LogP) is 1.88. The van der Waals surface area contributed by atoms with E-state index in [1.165, 1.54) is 0 Å². The minimum Gasteiger partial charge on any atom is -0.497 e. The van der Waals surface area contributed by atoms with Crippen LogP contribution < -0.4 is 10.1 Å². The van der Waals surface area contributed by atoms with Crippen molar-refractivity contribution in [2.75, 3.05) is 14.2 Å². The summed E-state index contributed by atoms with van der Waals surface area (Å²) in [6.07, 6.45) is 3.19. The van der Waals surface area contributed by atoms with E-state index in [1.807, 2.05) is 24.3 Å². The number of carbonyl (C=O) groups is 2.